The molecule has 0 atom stereocenters. The number of likely N-dealkylation sites (N-methyl/N-ethyl adjacent to an activating group) is 1. The Morgan fingerprint density at radius 3 is 1.69 bits per heavy atom. The number of carbonyl (C=O) groups excluding carboxylic acids is 2. The van der Waals surface area contributed by atoms with E-state index in [4.69, 9.17) is 25.7 Å². The minimum Gasteiger partial charge on any atom is -0.378 e. The van der Waals surface area contributed by atoms with Gasteiger partial charge in [-0.1, -0.05) is 0 Å². The fourth-order valence-electron chi connectivity index (χ4n) is 0.965. The van der Waals surface area contributed by atoms with Crippen LogP contribution in [0.4, 0.5) is 0 Å². The van der Waals surface area contributed by atoms with Crippen molar-refractivity contribution in [3.8, 4) is 0 Å². The summed E-state index contributed by atoms with van der Waals surface area (Å²) in [7, 11) is 1.90. The third-order valence-corrected chi connectivity index (χ3v) is 2.20. The molecule has 0 bridgehead atoms. The maximum absolute atomic E-state index is 9.70. The Morgan fingerprint density at radius 2 is 1.38 bits per heavy atom. The number of hydrogen-bond acceptors (Lipinski definition) is 9. The van der Waals surface area contributed by atoms with E-state index in [0.29, 0.717) is 52.5 Å². The van der Waals surface area contributed by atoms with Gasteiger partial charge in [-0.05, 0) is 27.8 Å². The molecule has 26 heavy (non-hydrogen) atoms. The van der Waals surface area contributed by atoms with Crippen LogP contribution in [0.1, 0.15) is 20.8 Å². The van der Waals surface area contributed by atoms with Crippen molar-refractivity contribution < 1.29 is 28.5 Å². The maximum atomic E-state index is 9.70. The van der Waals surface area contributed by atoms with E-state index in [2.05, 4.69) is 10.1 Å². The lowest BCUT2D eigenvalue weighted by Crippen LogP contribution is -2.33. The highest BCUT2D eigenvalue weighted by Crippen LogP contribution is 1.85. The summed E-state index contributed by atoms with van der Waals surface area (Å²) in [5.74, 6) is 0. The van der Waals surface area contributed by atoms with Crippen molar-refractivity contribution >= 4 is 12.6 Å². The van der Waals surface area contributed by atoms with Crippen LogP contribution in [0.5, 0.6) is 0 Å². The number of nitrogens with two attached hydrogens (primary N) is 2. The SMILES string of the molecule is CC(C)(N)C=O.CCOCC=O.CNCCOCCOCCOCCN. The fourth-order valence-corrected chi connectivity index (χ4v) is 0.965. The topological polar surface area (TPSA) is 135 Å². The molecule has 0 aliphatic rings. The van der Waals surface area contributed by atoms with Crippen LogP contribution in [-0.4, -0.2) is 91.1 Å². The van der Waals surface area contributed by atoms with Crippen LogP contribution in [0.3, 0.4) is 0 Å². The minimum absolute atomic E-state index is 0.233. The molecule has 0 aromatic heterocycles. The van der Waals surface area contributed by atoms with Crippen molar-refractivity contribution in [1.82, 2.24) is 5.32 Å². The molecule has 0 saturated heterocycles. The summed E-state index contributed by atoms with van der Waals surface area (Å²) in [6.07, 6.45) is 1.45. The molecule has 9 heteroatoms. The van der Waals surface area contributed by atoms with Gasteiger partial charge in [0.1, 0.15) is 19.2 Å². The number of aldehydes is 2. The van der Waals surface area contributed by atoms with Crippen molar-refractivity contribution in [2.75, 3.05) is 73.0 Å². The largest absolute Gasteiger partial charge is 0.378 e. The van der Waals surface area contributed by atoms with E-state index in [9.17, 15) is 9.59 Å². The van der Waals surface area contributed by atoms with Gasteiger partial charge in [0.25, 0.3) is 0 Å². The first-order valence-corrected chi connectivity index (χ1v) is 8.74. The Labute approximate surface area is 158 Å². The molecule has 0 aliphatic carbocycles. The molecule has 0 saturated carbocycles. The van der Waals surface area contributed by atoms with E-state index in [-0.39, 0.29) is 6.61 Å². The van der Waals surface area contributed by atoms with Crippen LogP contribution < -0.4 is 16.8 Å². The molecule has 0 aromatic rings. The number of hydrogen-bond donors (Lipinski definition) is 3. The monoisotopic (exact) mass is 381 g/mol. The Kier molecular flexibility index (Phi) is 30.1. The summed E-state index contributed by atoms with van der Waals surface area (Å²) < 4.78 is 20.2. The highest BCUT2D eigenvalue weighted by atomic mass is 16.5. The molecule has 0 spiro atoms. The van der Waals surface area contributed by atoms with Crippen LogP contribution in [0, 0.1) is 0 Å². The van der Waals surface area contributed by atoms with Crippen molar-refractivity contribution in [1.29, 1.82) is 0 Å². The predicted molar refractivity (Wildman–Crippen MR) is 102 cm³/mol. The van der Waals surface area contributed by atoms with E-state index in [1.807, 2.05) is 14.0 Å². The molecule has 5 N–H and O–H groups in total. The Hall–Kier alpha value is -0.940. The second kappa shape index (κ2) is 26.3. The van der Waals surface area contributed by atoms with Crippen molar-refractivity contribution in [2.24, 2.45) is 11.5 Å². The van der Waals surface area contributed by atoms with Crippen molar-refractivity contribution in [3.05, 3.63) is 0 Å². The van der Waals surface area contributed by atoms with Gasteiger partial charge < -0.3 is 45.3 Å². The van der Waals surface area contributed by atoms with Gasteiger partial charge in [-0.25, -0.2) is 0 Å². The lowest BCUT2D eigenvalue weighted by atomic mass is 10.1. The van der Waals surface area contributed by atoms with Crippen LogP contribution >= 0.6 is 0 Å². The van der Waals surface area contributed by atoms with Gasteiger partial charge in [0.15, 0.2) is 0 Å². The first kappa shape index (κ1) is 29.8. The summed E-state index contributed by atoms with van der Waals surface area (Å²) in [5, 5.41) is 3.00. The molecule has 158 valence electrons. The molecule has 0 unspecified atom stereocenters. The van der Waals surface area contributed by atoms with Gasteiger partial charge >= 0.3 is 0 Å². The van der Waals surface area contributed by atoms with Gasteiger partial charge in [-0.2, -0.15) is 0 Å². The zero-order chi connectivity index (χ0) is 20.5. The van der Waals surface area contributed by atoms with E-state index in [1.165, 1.54) is 0 Å². The van der Waals surface area contributed by atoms with Crippen LogP contribution in [0.25, 0.3) is 0 Å². The smallest absolute Gasteiger partial charge is 0.145 e. The van der Waals surface area contributed by atoms with E-state index >= 15 is 0 Å². The van der Waals surface area contributed by atoms with Gasteiger partial charge in [0.2, 0.25) is 0 Å². The molecule has 0 heterocycles. The standard InChI is InChI=1S/C9H22N2O3.C4H9NO.C4H8O2/c1-11-3-5-13-7-9-14-8-6-12-4-2-10;1-4(2,5)3-6;1-2-6-4-3-5/h11H,2-10H2,1H3;3H,5H2,1-2H3;3H,2,4H2,1H3. The molecule has 0 fully saturated rings. The second-order valence-electron chi connectivity index (χ2n) is 5.49. The predicted octanol–water partition coefficient (Wildman–Crippen LogP) is -0.641. The summed E-state index contributed by atoms with van der Waals surface area (Å²) in [6, 6.07) is 0. The average molecular weight is 382 g/mol. The number of rotatable bonds is 15. The molecule has 0 radical (unpaired) electrons. The Morgan fingerprint density at radius 1 is 0.923 bits per heavy atom. The molecule has 9 nitrogen and oxygen atoms in total. The normalized spacial score (nSPS) is 10.2. The first-order chi connectivity index (χ1) is 12.4. The fraction of sp³-hybridized carbons (Fsp3) is 0.882. The summed E-state index contributed by atoms with van der Waals surface area (Å²) >= 11 is 0. The maximum Gasteiger partial charge on any atom is 0.145 e. The third kappa shape index (κ3) is 43.5. The van der Waals surface area contributed by atoms with E-state index < -0.39 is 5.54 Å². The molecule has 0 amide bonds. The number of carbonyl (C=O) groups is 2. The van der Waals surface area contributed by atoms with Crippen LogP contribution in [0.15, 0.2) is 0 Å². The average Bonchev–Trinajstić information content (AvgIpc) is 2.62. The van der Waals surface area contributed by atoms with Crippen LogP contribution in [0.2, 0.25) is 0 Å². The highest BCUT2D eigenvalue weighted by Gasteiger charge is 2.04. The third-order valence-electron chi connectivity index (χ3n) is 2.20. The summed E-state index contributed by atoms with van der Waals surface area (Å²) in [4.78, 5) is 19.1. The molecular weight excluding hydrogens is 342 g/mol. The molecular formula is C17H39N3O6. The quantitative estimate of drug-likeness (QED) is 0.250. The molecule has 0 aromatic carbocycles. The van der Waals surface area contributed by atoms with Crippen molar-refractivity contribution in [3.63, 3.8) is 0 Å². The van der Waals surface area contributed by atoms with Crippen LogP contribution in [-0.2, 0) is 28.5 Å². The second-order valence-corrected chi connectivity index (χ2v) is 5.49. The Balaban J connectivity index is -0.000000364. The Bertz CT molecular complexity index is 264. The summed E-state index contributed by atoms with van der Waals surface area (Å²) in [6.45, 7) is 11.2. The zero-order valence-corrected chi connectivity index (χ0v) is 16.8. The lowest BCUT2D eigenvalue weighted by molar-refractivity contribution is -0.112. The zero-order valence-electron chi connectivity index (χ0n) is 16.8. The van der Waals surface area contributed by atoms with Gasteiger partial charge in [-0.3, -0.25) is 0 Å². The van der Waals surface area contributed by atoms with Gasteiger partial charge in [-0.15, -0.1) is 0 Å². The molecule has 0 aliphatic heterocycles. The highest BCUT2D eigenvalue weighted by molar-refractivity contribution is 5.61. The van der Waals surface area contributed by atoms with Gasteiger partial charge in [0.05, 0.1) is 45.2 Å². The first-order valence-electron chi connectivity index (χ1n) is 8.74. The number of nitrogens with one attached hydrogen (secondary N) is 1. The minimum atomic E-state index is -0.639. The van der Waals surface area contributed by atoms with E-state index in [0.717, 1.165) is 19.4 Å². The van der Waals surface area contributed by atoms with Crippen molar-refractivity contribution in [2.45, 2.75) is 26.3 Å². The lowest BCUT2D eigenvalue weighted by Gasteiger charge is -2.05. The van der Waals surface area contributed by atoms with E-state index in [1.54, 1.807) is 13.8 Å². The van der Waals surface area contributed by atoms with Gasteiger partial charge in [0, 0.05) is 19.7 Å². The summed E-state index contributed by atoms with van der Waals surface area (Å²) in [5.41, 5.74) is 9.77. The molecule has 0 rings (SSSR count). The number of ether oxygens (including phenoxy) is 4.